The first-order valence-corrected chi connectivity index (χ1v) is 10.5. The quantitative estimate of drug-likeness (QED) is 0.733. The van der Waals surface area contributed by atoms with Crippen molar-refractivity contribution in [3.63, 3.8) is 0 Å². The molecule has 0 saturated carbocycles. The van der Waals surface area contributed by atoms with Crippen LogP contribution in [0.3, 0.4) is 0 Å². The summed E-state index contributed by atoms with van der Waals surface area (Å²) >= 11 is 0. The first kappa shape index (κ1) is 24.6. The van der Waals surface area contributed by atoms with Gasteiger partial charge in [0.1, 0.15) is 0 Å². The van der Waals surface area contributed by atoms with E-state index in [1.807, 2.05) is 11.0 Å². The number of piperidine rings is 1. The summed E-state index contributed by atoms with van der Waals surface area (Å²) in [6.45, 7) is 4.62. The summed E-state index contributed by atoms with van der Waals surface area (Å²) < 4.78 is 42.4. The van der Waals surface area contributed by atoms with Crippen LogP contribution in [0.5, 0.6) is 5.88 Å². The number of amides is 1. The highest BCUT2D eigenvalue weighted by molar-refractivity contribution is 5.91. The van der Waals surface area contributed by atoms with Gasteiger partial charge in [0.15, 0.2) is 5.76 Å². The lowest BCUT2D eigenvalue weighted by Gasteiger charge is -2.39. The number of pyridine rings is 1. The zero-order valence-corrected chi connectivity index (χ0v) is 18.2. The van der Waals surface area contributed by atoms with Crippen LogP contribution in [0, 0.1) is 5.41 Å². The smallest absolute Gasteiger partial charge is 0.481 e. The number of methoxy groups -OCH3 is 1. The molecule has 8 nitrogen and oxygen atoms in total. The highest BCUT2D eigenvalue weighted by Crippen LogP contribution is 2.41. The second-order valence-corrected chi connectivity index (χ2v) is 8.20. The molecule has 2 saturated heterocycles. The van der Waals surface area contributed by atoms with E-state index in [1.54, 1.807) is 31.7 Å². The van der Waals surface area contributed by atoms with E-state index in [0.717, 1.165) is 57.5 Å². The topological polar surface area (TPSA) is 96.1 Å². The van der Waals surface area contributed by atoms with E-state index in [9.17, 15) is 18.0 Å². The Morgan fingerprint density at radius 2 is 1.85 bits per heavy atom. The molecule has 4 rings (SSSR count). The summed E-state index contributed by atoms with van der Waals surface area (Å²) in [5.41, 5.74) is 1.39. The summed E-state index contributed by atoms with van der Waals surface area (Å²) in [5, 5.41) is 7.12. The number of aromatic nitrogens is 1. The maximum Gasteiger partial charge on any atom is 0.490 e. The van der Waals surface area contributed by atoms with Gasteiger partial charge in [0.05, 0.1) is 13.4 Å². The average molecular weight is 469 g/mol. The molecule has 0 aliphatic carbocycles. The van der Waals surface area contributed by atoms with Crippen LogP contribution in [0.4, 0.5) is 13.2 Å². The molecule has 0 unspecified atom stereocenters. The van der Waals surface area contributed by atoms with Crippen molar-refractivity contribution in [3.05, 3.63) is 48.0 Å². The number of nitrogens with zero attached hydrogens (tertiary/aromatic N) is 3. The molecule has 1 N–H and O–H groups in total. The molecule has 0 aromatic carbocycles. The number of hydrogen-bond acceptors (Lipinski definition) is 6. The average Bonchev–Trinajstić information content (AvgIpc) is 3.46. The van der Waals surface area contributed by atoms with Crippen molar-refractivity contribution >= 4 is 11.9 Å². The number of likely N-dealkylation sites (tertiary alicyclic amines) is 2. The molecule has 2 aliphatic rings. The van der Waals surface area contributed by atoms with Crippen LogP contribution in [0.25, 0.3) is 0 Å². The number of halogens is 3. The fraction of sp³-hybridized carbons (Fsp3) is 0.500. The van der Waals surface area contributed by atoms with Gasteiger partial charge in [-0.3, -0.25) is 9.69 Å². The zero-order valence-electron chi connectivity index (χ0n) is 18.2. The maximum atomic E-state index is 12.5. The fourth-order valence-electron chi connectivity index (χ4n) is 4.23. The van der Waals surface area contributed by atoms with Gasteiger partial charge in [-0.25, -0.2) is 9.78 Å². The van der Waals surface area contributed by atoms with Gasteiger partial charge in [-0.15, -0.1) is 0 Å². The largest absolute Gasteiger partial charge is 0.490 e. The van der Waals surface area contributed by atoms with Crippen molar-refractivity contribution in [2.24, 2.45) is 5.41 Å². The number of furan rings is 1. The minimum Gasteiger partial charge on any atom is -0.481 e. The number of carboxylic acid groups (broad SMARTS) is 1. The fourth-order valence-corrected chi connectivity index (χ4v) is 4.23. The Morgan fingerprint density at radius 3 is 2.42 bits per heavy atom. The molecule has 1 amide bonds. The van der Waals surface area contributed by atoms with Gasteiger partial charge in [0, 0.05) is 31.4 Å². The number of aliphatic carboxylic acids is 1. The molecular weight excluding hydrogens is 443 g/mol. The minimum atomic E-state index is -5.08. The highest BCUT2D eigenvalue weighted by atomic mass is 19.4. The van der Waals surface area contributed by atoms with Gasteiger partial charge in [0.25, 0.3) is 5.91 Å². The van der Waals surface area contributed by atoms with E-state index in [4.69, 9.17) is 19.1 Å². The first-order valence-electron chi connectivity index (χ1n) is 10.5. The molecule has 33 heavy (non-hydrogen) atoms. The lowest BCUT2D eigenvalue weighted by molar-refractivity contribution is -0.192. The minimum absolute atomic E-state index is 0.0226. The van der Waals surface area contributed by atoms with Gasteiger partial charge in [0.2, 0.25) is 5.88 Å². The Labute approximate surface area is 188 Å². The van der Waals surface area contributed by atoms with Crippen molar-refractivity contribution < 1.29 is 37.0 Å². The standard InChI is InChI=1S/C20H25N3O3.C2HF3O2/c1-25-18-16(4-2-9-21-18)14-22-10-6-20(7-11-22)8-12-23(15-20)19(24)17-5-3-13-26-17;3-2(4,5)1(6)7/h2-5,9,13H,6-8,10-12,14-15H2,1H3;(H,6,7). The molecule has 2 fully saturated rings. The molecule has 0 radical (unpaired) electrons. The van der Waals surface area contributed by atoms with E-state index in [0.29, 0.717) is 11.6 Å². The first-order chi connectivity index (χ1) is 15.6. The van der Waals surface area contributed by atoms with Crippen molar-refractivity contribution in [2.75, 3.05) is 33.3 Å². The Morgan fingerprint density at radius 1 is 1.18 bits per heavy atom. The monoisotopic (exact) mass is 469 g/mol. The molecule has 0 bridgehead atoms. The second-order valence-electron chi connectivity index (χ2n) is 8.20. The third-order valence-electron chi connectivity index (χ3n) is 6.05. The van der Waals surface area contributed by atoms with Crippen LogP contribution < -0.4 is 4.74 Å². The number of hydrogen-bond donors (Lipinski definition) is 1. The number of ether oxygens (including phenoxy) is 1. The molecular formula is C22H26F3N3O5. The van der Waals surface area contributed by atoms with E-state index >= 15 is 0 Å². The van der Waals surface area contributed by atoms with Gasteiger partial charge in [-0.05, 0) is 56.0 Å². The Hall–Kier alpha value is -3.08. The van der Waals surface area contributed by atoms with Crippen LogP contribution in [0.15, 0.2) is 41.1 Å². The number of rotatable bonds is 4. The summed E-state index contributed by atoms with van der Waals surface area (Å²) in [6, 6.07) is 7.55. The van der Waals surface area contributed by atoms with Gasteiger partial charge in [-0.2, -0.15) is 13.2 Å². The number of carbonyl (C=O) groups is 2. The number of carbonyl (C=O) groups excluding carboxylic acids is 1. The number of carboxylic acids is 1. The van der Waals surface area contributed by atoms with E-state index < -0.39 is 12.1 Å². The van der Waals surface area contributed by atoms with Crippen LogP contribution in [0.2, 0.25) is 0 Å². The zero-order chi connectivity index (χ0) is 24.1. The summed E-state index contributed by atoms with van der Waals surface area (Å²) in [7, 11) is 1.67. The van der Waals surface area contributed by atoms with Gasteiger partial charge >= 0.3 is 12.1 Å². The van der Waals surface area contributed by atoms with Gasteiger partial charge in [-0.1, -0.05) is 6.07 Å². The van der Waals surface area contributed by atoms with E-state index in [2.05, 4.69) is 16.0 Å². The SMILES string of the molecule is COc1ncccc1CN1CCC2(CC1)CCN(C(=O)c1ccco1)C2.O=C(O)C(F)(F)F. The van der Waals surface area contributed by atoms with E-state index in [-0.39, 0.29) is 11.3 Å². The molecule has 2 aliphatic heterocycles. The Balaban J connectivity index is 0.000000383. The Bertz CT molecular complexity index is 941. The molecule has 4 heterocycles. The summed E-state index contributed by atoms with van der Waals surface area (Å²) in [4.78, 5) is 30.1. The molecule has 11 heteroatoms. The lowest BCUT2D eigenvalue weighted by Crippen LogP contribution is -2.42. The van der Waals surface area contributed by atoms with Gasteiger partial charge < -0.3 is 19.2 Å². The van der Waals surface area contributed by atoms with Crippen LogP contribution in [0.1, 0.15) is 35.4 Å². The molecule has 180 valence electrons. The third kappa shape index (κ3) is 6.25. The van der Waals surface area contributed by atoms with Crippen molar-refractivity contribution in [1.82, 2.24) is 14.8 Å². The van der Waals surface area contributed by atoms with Crippen molar-refractivity contribution in [3.8, 4) is 5.88 Å². The summed E-state index contributed by atoms with van der Waals surface area (Å²) in [5.74, 6) is -1.58. The molecule has 1 spiro atoms. The molecule has 2 aromatic rings. The van der Waals surface area contributed by atoms with E-state index in [1.165, 1.54) is 0 Å². The maximum absolute atomic E-state index is 12.5. The van der Waals surface area contributed by atoms with Crippen LogP contribution in [-0.2, 0) is 11.3 Å². The van der Waals surface area contributed by atoms with Crippen molar-refractivity contribution in [2.45, 2.75) is 32.0 Å². The Kier molecular flexibility index (Phi) is 7.62. The molecule has 0 atom stereocenters. The van der Waals surface area contributed by atoms with Crippen LogP contribution in [-0.4, -0.2) is 71.2 Å². The number of alkyl halides is 3. The predicted octanol–water partition coefficient (Wildman–Crippen LogP) is 3.44. The highest BCUT2D eigenvalue weighted by Gasteiger charge is 2.42. The predicted molar refractivity (Wildman–Crippen MR) is 111 cm³/mol. The van der Waals surface area contributed by atoms with Crippen molar-refractivity contribution in [1.29, 1.82) is 0 Å². The normalized spacial score (nSPS) is 18.0. The molecule has 2 aromatic heterocycles. The lowest BCUT2D eigenvalue weighted by atomic mass is 9.77. The second kappa shape index (κ2) is 10.2. The summed E-state index contributed by atoms with van der Waals surface area (Å²) in [6.07, 6.45) is 1.57. The van der Waals surface area contributed by atoms with Crippen LogP contribution >= 0.6 is 0 Å². The third-order valence-corrected chi connectivity index (χ3v) is 6.05.